The van der Waals surface area contributed by atoms with Gasteiger partial charge in [0.1, 0.15) is 0 Å². The SMILES string of the molecule is CC[C@H](C)CCc1ccc2sc(=S)[nH]c2c1. The molecule has 0 aliphatic rings. The van der Waals surface area contributed by atoms with Crippen LogP contribution < -0.4 is 0 Å². The molecule has 0 unspecified atom stereocenters. The van der Waals surface area contributed by atoms with Gasteiger partial charge in [-0.2, -0.15) is 0 Å². The number of hydrogen-bond donors (Lipinski definition) is 1. The Kier molecular flexibility index (Phi) is 3.77. The van der Waals surface area contributed by atoms with E-state index in [0.29, 0.717) is 0 Å². The molecule has 1 atom stereocenters. The van der Waals surface area contributed by atoms with E-state index in [0.717, 1.165) is 9.87 Å². The van der Waals surface area contributed by atoms with Crippen molar-refractivity contribution in [1.29, 1.82) is 0 Å². The second-order valence-corrected chi connectivity index (χ2v) is 6.12. The topological polar surface area (TPSA) is 15.8 Å². The molecule has 0 fully saturated rings. The number of fused-ring (bicyclic) bond motifs is 1. The molecule has 1 N–H and O–H groups in total. The Morgan fingerprint density at radius 1 is 1.44 bits per heavy atom. The van der Waals surface area contributed by atoms with Crippen LogP contribution in [0.2, 0.25) is 0 Å². The molecule has 0 radical (unpaired) electrons. The molecule has 0 aliphatic carbocycles. The van der Waals surface area contributed by atoms with Gasteiger partial charge in [-0.15, -0.1) is 11.3 Å². The summed E-state index contributed by atoms with van der Waals surface area (Å²) >= 11 is 6.79. The van der Waals surface area contributed by atoms with Crippen molar-refractivity contribution in [3.8, 4) is 0 Å². The highest BCUT2D eigenvalue weighted by Crippen LogP contribution is 2.22. The number of nitrogens with one attached hydrogen (secondary N) is 1. The number of aryl methyl sites for hydroxylation is 1. The van der Waals surface area contributed by atoms with Crippen LogP contribution in [0.4, 0.5) is 0 Å². The van der Waals surface area contributed by atoms with Crippen LogP contribution in [0, 0.1) is 9.87 Å². The maximum atomic E-state index is 5.14. The molecular formula is C13H17NS2. The third kappa shape index (κ3) is 2.71. The molecule has 0 bridgehead atoms. The largest absolute Gasteiger partial charge is 0.337 e. The monoisotopic (exact) mass is 251 g/mol. The Bertz CT molecular complexity index is 524. The summed E-state index contributed by atoms with van der Waals surface area (Å²) in [6.45, 7) is 4.57. The highest BCUT2D eigenvalue weighted by atomic mass is 32.1. The minimum atomic E-state index is 0.816. The Balaban J connectivity index is 2.16. The van der Waals surface area contributed by atoms with Gasteiger partial charge in [0.05, 0.1) is 10.2 Å². The first-order chi connectivity index (χ1) is 7.69. The van der Waals surface area contributed by atoms with Crippen molar-refractivity contribution in [2.45, 2.75) is 33.1 Å². The molecule has 16 heavy (non-hydrogen) atoms. The molecule has 86 valence electrons. The highest BCUT2D eigenvalue weighted by Gasteiger charge is 2.02. The minimum Gasteiger partial charge on any atom is -0.337 e. The fourth-order valence-electron chi connectivity index (χ4n) is 1.77. The van der Waals surface area contributed by atoms with E-state index in [1.165, 1.54) is 35.0 Å². The highest BCUT2D eigenvalue weighted by molar-refractivity contribution is 7.73. The van der Waals surface area contributed by atoms with Crippen molar-refractivity contribution in [2.75, 3.05) is 0 Å². The summed E-state index contributed by atoms with van der Waals surface area (Å²) in [5.74, 6) is 0.816. The van der Waals surface area contributed by atoms with Crippen LogP contribution in [-0.4, -0.2) is 4.98 Å². The van der Waals surface area contributed by atoms with E-state index < -0.39 is 0 Å². The van der Waals surface area contributed by atoms with Crippen LogP contribution in [0.1, 0.15) is 32.3 Å². The first-order valence-corrected chi connectivity index (χ1v) is 7.03. The van der Waals surface area contributed by atoms with E-state index in [1.54, 1.807) is 11.3 Å². The number of H-pyrrole nitrogens is 1. The van der Waals surface area contributed by atoms with Gasteiger partial charge in [0.15, 0.2) is 3.95 Å². The molecule has 1 heterocycles. The first kappa shape index (κ1) is 11.8. The molecular weight excluding hydrogens is 234 g/mol. The van der Waals surface area contributed by atoms with Gasteiger partial charge in [0.2, 0.25) is 0 Å². The van der Waals surface area contributed by atoms with Gasteiger partial charge in [-0.05, 0) is 48.7 Å². The van der Waals surface area contributed by atoms with Crippen molar-refractivity contribution in [2.24, 2.45) is 5.92 Å². The lowest BCUT2D eigenvalue weighted by Crippen LogP contribution is -1.95. The predicted molar refractivity (Wildman–Crippen MR) is 74.8 cm³/mol. The van der Waals surface area contributed by atoms with E-state index in [9.17, 15) is 0 Å². The van der Waals surface area contributed by atoms with Gasteiger partial charge in [0, 0.05) is 0 Å². The first-order valence-electron chi connectivity index (χ1n) is 5.80. The third-order valence-corrected chi connectivity index (χ3v) is 4.32. The van der Waals surface area contributed by atoms with E-state index in [2.05, 4.69) is 37.0 Å². The summed E-state index contributed by atoms with van der Waals surface area (Å²) in [5.41, 5.74) is 2.61. The maximum Gasteiger partial charge on any atom is 0.159 e. The predicted octanol–water partition coefficient (Wildman–Crippen LogP) is 4.94. The Labute approximate surface area is 106 Å². The summed E-state index contributed by atoms with van der Waals surface area (Å²) in [5, 5.41) is 0. The van der Waals surface area contributed by atoms with Gasteiger partial charge in [-0.25, -0.2) is 0 Å². The Morgan fingerprint density at radius 2 is 2.25 bits per heavy atom. The van der Waals surface area contributed by atoms with Crippen molar-refractivity contribution in [3.05, 3.63) is 27.7 Å². The van der Waals surface area contributed by atoms with Crippen molar-refractivity contribution in [1.82, 2.24) is 4.98 Å². The lowest BCUT2D eigenvalue weighted by Gasteiger charge is -2.07. The zero-order chi connectivity index (χ0) is 11.5. The number of thiazole rings is 1. The van der Waals surface area contributed by atoms with Crippen molar-refractivity contribution in [3.63, 3.8) is 0 Å². The molecule has 1 nitrogen and oxygen atoms in total. The molecule has 0 aliphatic heterocycles. The molecule has 1 aromatic heterocycles. The lowest BCUT2D eigenvalue weighted by atomic mass is 9.99. The summed E-state index contributed by atoms with van der Waals surface area (Å²) in [6.07, 6.45) is 3.71. The van der Waals surface area contributed by atoms with E-state index >= 15 is 0 Å². The number of aromatic nitrogens is 1. The summed E-state index contributed by atoms with van der Waals surface area (Å²) in [4.78, 5) is 3.23. The number of benzene rings is 1. The second kappa shape index (κ2) is 5.11. The van der Waals surface area contributed by atoms with E-state index in [1.807, 2.05) is 0 Å². The van der Waals surface area contributed by atoms with Gasteiger partial charge in [-0.1, -0.05) is 26.3 Å². The normalized spacial score (nSPS) is 13.1. The molecule has 1 aromatic carbocycles. The Hall–Kier alpha value is -0.670. The molecule has 2 aromatic rings. The number of hydrogen-bond acceptors (Lipinski definition) is 2. The molecule has 2 rings (SSSR count). The average Bonchev–Trinajstić information content (AvgIpc) is 2.65. The van der Waals surface area contributed by atoms with Crippen LogP contribution in [0.3, 0.4) is 0 Å². The zero-order valence-corrected chi connectivity index (χ0v) is 11.4. The maximum absolute atomic E-state index is 5.14. The molecule has 0 spiro atoms. The van der Waals surface area contributed by atoms with Crippen molar-refractivity contribution >= 4 is 33.8 Å². The third-order valence-electron chi connectivity index (χ3n) is 3.11. The summed E-state index contributed by atoms with van der Waals surface area (Å²) in [7, 11) is 0. The summed E-state index contributed by atoms with van der Waals surface area (Å²) < 4.78 is 2.13. The van der Waals surface area contributed by atoms with Crippen molar-refractivity contribution < 1.29 is 0 Å². The standard InChI is InChI=1S/C13H17NS2/c1-3-9(2)4-5-10-6-7-12-11(8-10)14-13(15)16-12/h6-9H,3-5H2,1-2H3,(H,14,15)/t9-/m0/s1. The molecule has 0 amide bonds. The van der Waals surface area contributed by atoms with Crippen LogP contribution in [0.25, 0.3) is 10.2 Å². The number of aromatic amines is 1. The minimum absolute atomic E-state index is 0.816. The van der Waals surface area contributed by atoms with Gasteiger partial charge < -0.3 is 4.98 Å². The number of rotatable bonds is 4. The van der Waals surface area contributed by atoms with Crippen LogP contribution in [0.5, 0.6) is 0 Å². The Morgan fingerprint density at radius 3 is 3.00 bits per heavy atom. The second-order valence-electron chi connectivity index (χ2n) is 4.40. The van der Waals surface area contributed by atoms with Crippen LogP contribution in [-0.2, 0) is 6.42 Å². The molecule has 3 heteroatoms. The van der Waals surface area contributed by atoms with Gasteiger partial charge in [0.25, 0.3) is 0 Å². The zero-order valence-electron chi connectivity index (χ0n) is 9.75. The quantitative estimate of drug-likeness (QED) is 0.761. The van der Waals surface area contributed by atoms with Gasteiger partial charge in [-0.3, -0.25) is 0 Å². The fraction of sp³-hybridized carbons (Fsp3) is 0.462. The lowest BCUT2D eigenvalue weighted by molar-refractivity contribution is 0.517. The van der Waals surface area contributed by atoms with E-state index in [-0.39, 0.29) is 0 Å². The summed E-state index contributed by atoms with van der Waals surface area (Å²) in [6, 6.07) is 6.64. The molecule has 0 saturated carbocycles. The molecule has 0 saturated heterocycles. The fourth-order valence-corrected chi connectivity index (χ4v) is 2.87. The average molecular weight is 251 g/mol. The van der Waals surface area contributed by atoms with Gasteiger partial charge >= 0.3 is 0 Å². The van der Waals surface area contributed by atoms with E-state index in [4.69, 9.17) is 12.2 Å². The van der Waals surface area contributed by atoms with Crippen LogP contribution in [0.15, 0.2) is 18.2 Å². The van der Waals surface area contributed by atoms with Crippen LogP contribution >= 0.6 is 23.6 Å². The smallest absolute Gasteiger partial charge is 0.159 e.